The molecule has 0 radical (unpaired) electrons. The molecular formula is C16H26O3. The maximum Gasteiger partial charge on any atom is 0.303 e. The Kier molecular flexibility index (Phi) is 3.84. The van der Waals surface area contributed by atoms with E-state index in [1.807, 2.05) is 0 Å². The number of carboxylic acids is 1. The Labute approximate surface area is 115 Å². The number of carbonyl (C=O) groups is 1. The van der Waals surface area contributed by atoms with Gasteiger partial charge in [0.2, 0.25) is 0 Å². The van der Waals surface area contributed by atoms with Crippen LogP contribution in [0.15, 0.2) is 0 Å². The minimum absolute atomic E-state index is 0.0545. The number of rotatable bonds is 2. The number of carboxylic acid groups (broad SMARTS) is 1. The van der Waals surface area contributed by atoms with E-state index in [1.165, 1.54) is 25.7 Å². The second-order valence-electron chi connectivity index (χ2n) is 7.17. The third-order valence-electron chi connectivity index (χ3n) is 6.08. The number of aliphatic carboxylic acids is 1. The van der Waals surface area contributed by atoms with Gasteiger partial charge in [-0.2, -0.15) is 0 Å². The summed E-state index contributed by atoms with van der Waals surface area (Å²) in [4.78, 5) is 10.9. The maximum atomic E-state index is 10.9. The first kappa shape index (κ1) is 13.4. The smallest absolute Gasteiger partial charge is 0.303 e. The van der Waals surface area contributed by atoms with Crippen molar-refractivity contribution in [3.8, 4) is 0 Å². The molecule has 0 bridgehead atoms. The van der Waals surface area contributed by atoms with E-state index in [0.717, 1.165) is 49.4 Å². The molecule has 3 aliphatic carbocycles. The van der Waals surface area contributed by atoms with Gasteiger partial charge in [-0.05, 0) is 81.0 Å². The van der Waals surface area contributed by atoms with E-state index in [4.69, 9.17) is 5.11 Å². The summed E-state index contributed by atoms with van der Waals surface area (Å²) in [6.45, 7) is 0. The fourth-order valence-corrected chi connectivity index (χ4v) is 5.30. The summed E-state index contributed by atoms with van der Waals surface area (Å²) >= 11 is 0. The molecular weight excluding hydrogens is 240 g/mol. The van der Waals surface area contributed by atoms with Gasteiger partial charge in [0, 0.05) is 6.42 Å². The van der Waals surface area contributed by atoms with Crippen LogP contribution in [0.2, 0.25) is 0 Å². The van der Waals surface area contributed by atoms with Crippen LogP contribution in [0.5, 0.6) is 0 Å². The van der Waals surface area contributed by atoms with Crippen LogP contribution in [0.4, 0.5) is 0 Å². The van der Waals surface area contributed by atoms with Crippen molar-refractivity contribution in [2.24, 2.45) is 29.6 Å². The number of aliphatic hydroxyl groups is 1. The quantitative estimate of drug-likeness (QED) is 0.807. The Bertz CT molecular complexity index is 341. The van der Waals surface area contributed by atoms with Crippen LogP contribution in [0.25, 0.3) is 0 Å². The molecule has 19 heavy (non-hydrogen) atoms. The molecule has 0 heterocycles. The maximum absolute atomic E-state index is 10.9. The molecule has 0 amide bonds. The lowest BCUT2D eigenvalue weighted by Gasteiger charge is -2.50. The summed E-state index contributed by atoms with van der Waals surface area (Å²) in [7, 11) is 0. The highest BCUT2D eigenvalue weighted by Crippen LogP contribution is 2.52. The predicted molar refractivity (Wildman–Crippen MR) is 72.6 cm³/mol. The van der Waals surface area contributed by atoms with Crippen molar-refractivity contribution in [2.45, 2.75) is 63.9 Å². The molecule has 3 heteroatoms. The van der Waals surface area contributed by atoms with Crippen molar-refractivity contribution >= 4 is 5.97 Å². The van der Waals surface area contributed by atoms with Gasteiger partial charge in [0.05, 0.1) is 6.10 Å². The Balaban J connectivity index is 1.62. The SMILES string of the molecule is O=C(O)C[C@@H]1CC[C@@H]2[C@H](CC[C@@H]3C[C@@H](O)CC[C@@H]32)C1. The highest BCUT2D eigenvalue weighted by Gasteiger charge is 2.44. The van der Waals surface area contributed by atoms with Crippen molar-refractivity contribution in [1.29, 1.82) is 0 Å². The number of hydrogen-bond donors (Lipinski definition) is 2. The molecule has 6 atom stereocenters. The van der Waals surface area contributed by atoms with Crippen molar-refractivity contribution in [2.75, 3.05) is 0 Å². The molecule has 0 aliphatic heterocycles. The van der Waals surface area contributed by atoms with Gasteiger partial charge in [-0.1, -0.05) is 0 Å². The van der Waals surface area contributed by atoms with Crippen LogP contribution in [0.3, 0.4) is 0 Å². The number of fused-ring (bicyclic) bond motifs is 3. The second kappa shape index (κ2) is 5.43. The summed E-state index contributed by atoms with van der Waals surface area (Å²) in [6, 6.07) is 0. The average Bonchev–Trinajstić information content (AvgIpc) is 2.37. The summed E-state index contributed by atoms with van der Waals surface area (Å²) in [5.74, 6) is 2.97. The summed E-state index contributed by atoms with van der Waals surface area (Å²) in [5, 5.41) is 18.8. The molecule has 108 valence electrons. The van der Waals surface area contributed by atoms with E-state index in [-0.39, 0.29) is 6.10 Å². The Morgan fingerprint density at radius 1 is 0.895 bits per heavy atom. The molecule has 3 fully saturated rings. The minimum Gasteiger partial charge on any atom is -0.481 e. The van der Waals surface area contributed by atoms with Crippen LogP contribution >= 0.6 is 0 Å². The van der Waals surface area contributed by atoms with Crippen molar-refractivity contribution in [3.63, 3.8) is 0 Å². The second-order valence-corrected chi connectivity index (χ2v) is 7.17. The van der Waals surface area contributed by atoms with Crippen molar-refractivity contribution in [1.82, 2.24) is 0 Å². The summed E-state index contributed by atoms with van der Waals surface area (Å²) in [5.41, 5.74) is 0. The first-order valence-electron chi connectivity index (χ1n) is 8.03. The lowest BCUT2D eigenvalue weighted by Crippen LogP contribution is -2.42. The van der Waals surface area contributed by atoms with E-state index in [9.17, 15) is 9.90 Å². The number of aliphatic hydroxyl groups excluding tert-OH is 1. The van der Waals surface area contributed by atoms with Crippen LogP contribution in [0.1, 0.15) is 57.8 Å². The van der Waals surface area contributed by atoms with Crippen molar-refractivity contribution in [3.05, 3.63) is 0 Å². The highest BCUT2D eigenvalue weighted by atomic mass is 16.4. The van der Waals surface area contributed by atoms with Crippen LogP contribution < -0.4 is 0 Å². The molecule has 0 aromatic carbocycles. The van der Waals surface area contributed by atoms with Gasteiger partial charge in [0.15, 0.2) is 0 Å². The zero-order valence-electron chi connectivity index (χ0n) is 11.6. The van der Waals surface area contributed by atoms with E-state index in [0.29, 0.717) is 12.3 Å². The minimum atomic E-state index is -0.627. The van der Waals surface area contributed by atoms with Gasteiger partial charge in [0.1, 0.15) is 0 Å². The van der Waals surface area contributed by atoms with Gasteiger partial charge in [-0.15, -0.1) is 0 Å². The zero-order chi connectivity index (χ0) is 13.4. The molecule has 0 aromatic heterocycles. The Morgan fingerprint density at radius 3 is 2.21 bits per heavy atom. The summed E-state index contributed by atoms with van der Waals surface area (Å²) < 4.78 is 0. The van der Waals surface area contributed by atoms with Gasteiger partial charge >= 0.3 is 5.97 Å². The third-order valence-corrected chi connectivity index (χ3v) is 6.08. The lowest BCUT2D eigenvalue weighted by atomic mass is 9.56. The fourth-order valence-electron chi connectivity index (χ4n) is 5.30. The standard InChI is InChI=1S/C16H26O3/c17-13-4-6-15-12(9-13)3-2-11-7-10(8-16(18)19)1-5-14(11)15/h10-15,17H,1-9H2,(H,18,19)/t10-,11-,12-,13+,14-,15+/m1/s1. The molecule has 0 aromatic rings. The molecule has 3 rings (SSSR count). The van der Waals surface area contributed by atoms with Gasteiger partial charge in [-0.3, -0.25) is 4.79 Å². The van der Waals surface area contributed by atoms with Gasteiger partial charge in [0.25, 0.3) is 0 Å². The fraction of sp³-hybridized carbons (Fsp3) is 0.938. The predicted octanol–water partition coefficient (Wildman–Crippen LogP) is 3.06. The van der Waals surface area contributed by atoms with Crippen LogP contribution in [-0.4, -0.2) is 22.3 Å². The van der Waals surface area contributed by atoms with Crippen LogP contribution in [-0.2, 0) is 4.79 Å². The van der Waals surface area contributed by atoms with Crippen molar-refractivity contribution < 1.29 is 15.0 Å². The third kappa shape index (κ3) is 2.81. The monoisotopic (exact) mass is 266 g/mol. The highest BCUT2D eigenvalue weighted by molar-refractivity contribution is 5.67. The normalized spacial score (nSPS) is 46.2. The molecule has 3 nitrogen and oxygen atoms in total. The zero-order valence-corrected chi connectivity index (χ0v) is 11.6. The van der Waals surface area contributed by atoms with E-state index < -0.39 is 5.97 Å². The molecule has 3 aliphatic rings. The average molecular weight is 266 g/mol. The topological polar surface area (TPSA) is 57.5 Å². The van der Waals surface area contributed by atoms with E-state index in [1.54, 1.807) is 0 Å². The molecule has 0 spiro atoms. The Morgan fingerprint density at radius 2 is 1.53 bits per heavy atom. The Hall–Kier alpha value is -0.570. The summed E-state index contributed by atoms with van der Waals surface area (Å²) in [6.07, 6.45) is 9.56. The largest absolute Gasteiger partial charge is 0.481 e. The molecule has 2 N–H and O–H groups in total. The van der Waals surface area contributed by atoms with Crippen LogP contribution in [0, 0.1) is 29.6 Å². The first-order chi connectivity index (χ1) is 9.13. The molecule has 0 unspecified atom stereocenters. The molecule has 0 saturated heterocycles. The van der Waals surface area contributed by atoms with E-state index >= 15 is 0 Å². The van der Waals surface area contributed by atoms with E-state index in [2.05, 4.69) is 0 Å². The van der Waals surface area contributed by atoms with Gasteiger partial charge in [-0.25, -0.2) is 0 Å². The lowest BCUT2D eigenvalue weighted by molar-refractivity contribution is -0.139. The number of hydrogen-bond acceptors (Lipinski definition) is 2. The molecule has 3 saturated carbocycles. The van der Waals surface area contributed by atoms with Gasteiger partial charge < -0.3 is 10.2 Å². The first-order valence-corrected chi connectivity index (χ1v) is 8.03.